The van der Waals surface area contributed by atoms with Crippen molar-refractivity contribution in [1.29, 1.82) is 0 Å². The minimum absolute atomic E-state index is 0.122. The van der Waals surface area contributed by atoms with Gasteiger partial charge in [-0.05, 0) is 55.0 Å². The zero-order valence-corrected chi connectivity index (χ0v) is 16.0. The van der Waals surface area contributed by atoms with Crippen molar-refractivity contribution in [2.45, 2.75) is 6.92 Å². The molecule has 0 aliphatic carbocycles. The Morgan fingerprint density at radius 1 is 1.30 bits per heavy atom. The van der Waals surface area contributed by atoms with Crippen LogP contribution in [0.5, 0.6) is 11.5 Å². The Morgan fingerprint density at radius 2 is 1.96 bits per heavy atom. The Balaban J connectivity index is 1.94. The number of anilines is 1. The first kappa shape index (κ1) is 18.7. The predicted octanol–water partition coefficient (Wildman–Crippen LogP) is 3.04. The second-order valence-corrected chi connectivity index (χ2v) is 6.60. The van der Waals surface area contributed by atoms with Gasteiger partial charge in [0, 0.05) is 4.47 Å². The third kappa shape index (κ3) is 3.56. The first-order chi connectivity index (χ1) is 12.8. The smallest absolute Gasteiger partial charge is 0.335 e. The number of carboxylic acid groups (broad SMARTS) is 1. The number of carbonyl (C=O) groups excluding carboxylic acids is 1. The van der Waals surface area contributed by atoms with Crippen LogP contribution in [0.4, 0.5) is 5.69 Å². The molecule has 1 aliphatic heterocycles. The van der Waals surface area contributed by atoms with Crippen LogP contribution in [0.2, 0.25) is 0 Å². The fourth-order valence-corrected chi connectivity index (χ4v) is 3.05. The van der Waals surface area contributed by atoms with E-state index in [1.165, 1.54) is 36.4 Å². The number of amides is 1. The van der Waals surface area contributed by atoms with Crippen LogP contribution in [0.1, 0.15) is 22.8 Å². The molecule has 138 valence electrons. The summed E-state index contributed by atoms with van der Waals surface area (Å²) in [7, 11) is 1.40. The van der Waals surface area contributed by atoms with Crippen molar-refractivity contribution in [3.8, 4) is 11.5 Å². The van der Waals surface area contributed by atoms with E-state index in [9.17, 15) is 14.7 Å². The van der Waals surface area contributed by atoms with Gasteiger partial charge in [-0.25, -0.2) is 4.79 Å². The van der Waals surface area contributed by atoms with Crippen LogP contribution in [0.25, 0.3) is 6.08 Å². The van der Waals surface area contributed by atoms with Crippen molar-refractivity contribution in [3.63, 3.8) is 0 Å². The van der Waals surface area contributed by atoms with Gasteiger partial charge in [-0.3, -0.25) is 4.79 Å². The zero-order chi connectivity index (χ0) is 19.7. The van der Waals surface area contributed by atoms with Gasteiger partial charge in [0.1, 0.15) is 5.75 Å². The topological polar surface area (TPSA) is 102 Å². The van der Waals surface area contributed by atoms with E-state index in [4.69, 9.17) is 9.84 Å². The highest BCUT2D eigenvalue weighted by molar-refractivity contribution is 9.10. The van der Waals surface area contributed by atoms with E-state index < -0.39 is 5.97 Å². The van der Waals surface area contributed by atoms with Crippen molar-refractivity contribution in [1.82, 2.24) is 0 Å². The van der Waals surface area contributed by atoms with Gasteiger partial charge < -0.3 is 14.9 Å². The van der Waals surface area contributed by atoms with Gasteiger partial charge in [0.15, 0.2) is 0 Å². The molecular weight excluding hydrogens is 416 g/mol. The minimum Gasteiger partial charge on any atom is -0.869 e. The summed E-state index contributed by atoms with van der Waals surface area (Å²) in [6, 6.07) is 9.01. The van der Waals surface area contributed by atoms with Crippen LogP contribution >= 0.6 is 15.9 Å². The number of ether oxygens (including phenoxy) is 1. The Kier molecular flexibility index (Phi) is 5.00. The van der Waals surface area contributed by atoms with Crippen molar-refractivity contribution < 1.29 is 24.5 Å². The normalized spacial score (nSPS) is 15.2. The molecule has 3 rings (SSSR count). The number of rotatable bonds is 4. The first-order valence-electron chi connectivity index (χ1n) is 7.81. The van der Waals surface area contributed by atoms with Crippen LogP contribution in [0, 0.1) is 0 Å². The van der Waals surface area contributed by atoms with E-state index in [2.05, 4.69) is 21.0 Å². The average molecular weight is 430 g/mol. The number of methoxy groups -OCH3 is 1. The number of aromatic carboxylic acids is 1. The lowest BCUT2D eigenvalue weighted by atomic mass is 10.1. The fraction of sp³-hybridized carbons (Fsp3) is 0.105. The maximum Gasteiger partial charge on any atom is 0.335 e. The maximum atomic E-state index is 12.8. The molecule has 0 unspecified atom stereocenters. The van der Waals surface area contributed by atoms with Gasteiger partial charge in [-0.15, -0.1) is 0 Å². The molecule has 1 N–H and O–H groups in total. The van der Waals surface area contributed by atoms with Crippen molar-refractivity contribution in [2.24, 2.45) is 5.10 Å². The fourth-order valence-electron chi connectivity index (χ4n) is 2.59. The highest BCUT2D eigenvalue weighted by atomic mass is 79.9. The molecule has 0 radical (unpaired) electrons. The summed E-state index contributed by atoms with van der Waals surface area (Å²) in [5.74, 6) is -1.51. The summed E-state index contributed by atoms with van der Waals surface area (Å²) in [6.45, 7) is 1.70. The molecule has 0 saturated carbocycles. The van der Waals surface area contributed by atoms with E-state index in [1.807, 2.05) is 0 Å². The zero-order valence-electron chi connectivity index (χ0n) is 14.4. The van der Waals surface area contributed by atoms with Gasteiger partial charge in [0.25, 0.3) is 5.91 Å². The number of hydrogen-bond donors (Lipinski definition) is 1. The quantitative estimate of drug-likeness (QED) is 0.752. The van der Waals surface area contributed by atoms with E-state index in [0.717, 1.165) is 0 Å². The van der Waals surface area contributed by atoms with Gasteiger partial charge in [-0.2, -0.15) is 10.1 Å². The lowest BCUT2D eigenvalue weighted by molar-refractivity contribution is -0.271. The third-order valence-electron chi connectivity index (χ3n) is 3.98. The molecule has 0 aromatic heterocycles. The first-order valence-corrected chi connectivity index (χ1v) is 8.60. The largest absolute Gasteiger partial charge is 0.869 e. The monoisotopic (exact) mass is 429 g/mol. The van der Waals surface area contributed by atoms with Crippen LogP contribution < -0.4 is 14.9 Å². The van der Waals surface area contributed by atoms with Crippen molar-refractivity contribution in [2.75, 3.05) is 12.1 Å². The molecule has 2 aromatic carbocycles. The summed E-state index contributed by atoms with van der Waals surface area (Å²) >= 11 is 3.19. The van der Waals surface area contributed by atoms with Gasteiger partial charge in [0.05, 0.1) is 29.6 Å². The predicted molar refractivity (Wildman–Crippen MR) is 102 cm³/mol. The van der Waals surface area contributed by atoms with Gasteiger partial charge in [-0.1, -0.05) is 21.7 Å². The summed E-state index contributed by atoms with van der Waals surface area (Å²) in [5.41, 5.74) is 2.06. The molecule has 0 atom stereocenters. The molecule has 1 heterocycles. The molecular formula is C19H14BrN2O5-. The van der Waals surface area contributed by atoms with Crippen LogP contribution in [0.3, 0.4) is 0 Å². The summed E-state index contributed by atoms with van der Waals surface area (Å²) in [6.07, 6.45) is 1.62. The molecule has 2 aromatic rings. The van der Waals surface area contributed by atoms with Crippen LogP contribution in [-0.2, 0) is 4.79 Å². The highest BCUT2D eigenvalue weighted by Crippen LogP contribution is 2.34. The number of nitrogens with zero attached hydrogens (tertiary/aromatic N) is 2. The van der Waals surface area contributed by atoms with Crippen LogP contribution in [0.15, 0.2) is 51.5 Å². The molecule has 0 bridgehead atoms. The van der Waals surface area contributed by atoms with E-state index in [1.54, 1.807) is 25.1 Å². The van der Waals surface area contributed by atoms with E-state index in [0.29, 0.717) is 27.0 Å². The van der Waals surface area contributed by atoms with E-state index in [-0.39, 0.29) is 23.0 Å². The Hall–Kier alpha value is -3.13. The second-order valence-electron chi connectivity index (χ2n) is 5.75. The number of hydrazone groups is 1. The minimum atomic E-state index is -1.05. The summed E-state index contributed by atoms with van der Waals surface area (Å²) < 4.78 is 5.39. The molecule has 0 saturated heterocycles. The number of carbonyl (C=O) groups is 2. The molecule has 0 fully saturated rings. The highest BCUT2D eigenvalue weighted by Gasteiger charge is 2.28. The molecule has 8 heteroatoms. The second kappa shape index (κ2) is 7.24. The summed E-state index contributed by atoms with van der Waals surface area (Å²) in [4.78, 5) is 23.7. The molecule has 27 heavy (non-hydrogen) atoms. The molecule has 1 aliphatic rings. The van der Waals surface area contributed by atoms with Gasteiger partial charge >= 0.3 is 5.97 Å². The van der Waals surface area contributed by atoms with Crippen molar-refractivity contribution in [3.05, 3.63) is 57.6 Å². The Morgan fingerprint density at radius 3 is 2.56 bits per heavy atom. The molecule has 0 spiro atoms. The van der Waals surface area contributed by atoms with E-state index >= 15 is 0 Å². The molecule has 1 amide bonds. The maximum absolute atomic E-state index is 12.8. The molecule has 7 nitrogen and oxygen atoms in total. The SMILES string of the molecule is COc1cc(/C=C2/C(=O)N(c3ccc(C(=O)O)cc3)N=C2C)cc(Br)c1[O-]. The van der Waals surface area contributed by atoms with Crippen LogP contribution in [-0.4, -0.2) is 29.8 Å². The Bertz CT molecular complexity index is 996. The Labute approximate surface area is 163 Å². The number of hydrogen-bond acceptors (Lipinski definition) is 5. The third-order valence-corrected chi connectivity index (χ3v) is 4.57. The lowest BCUT2D eigenvalue weighted by Crippen LogP contribution is -2.21. The summed E-state index contributed by atoms with van der Waals surface area (Å²) in [5, 5.41) is 26.3. The standard InChI is InChI=1S/C19H15BrN2O5/c1-10-14(7-11-8-15(20)17(23)16(9-11)27-2)18(24)22(21-10)13-5-3-12(4-6-13)19(25)26/h3-9,23H,1-2H3,(H,25,26)/p-1/b14-7+. The van der Waals surface area contributed by atoms with Gasteiger partial charge in [0.2, 0.25) is 0 Å². The lowest BCUT2D eigenvalue weighted by Gasteiger charge is -2.15. The average Bonchev–Trinajstić information content (AvgIpc) is 2.92. The number of carboxylic acids is 1. The van der Waals surface area contributed by atoms with Crippen molar-refractivity contribution >= 4 is 45.3 Å². The number of benzene rings is 2. The number of halogens is 1.